The van der Waals surface area contributed by atoms with Crippen LogP contribution in [0.2, 0.25) is 0 Å². The second-order valence-corrected chi connectivity index (χ2v) is 6.94. The van der Waals surface area contributed by atoms with Crippen LogP contribution in [0.5, 0.6) is 0 Å². The number of nitrogens with one attached hydrogen (secondary N) is 1. The number of rotatable bonds is 6. The van der Waals surface area contributed by atoms with Crippen LogP contribution in [0.15, 0.2) is 10.5 Å². The first-order valence-corrected chi connectivity index (χ1v) is 8.15. The van der Waals surface area contributed by atoms with Crippen LogP contribution in [0.1, 0.15) is 44.3 Å². The van der Waals surface area contributed by atoms with E-state index in [1.807, 2.05) is 0 Å². The number of furan rings is 1. The van der Waals surface area contributed by atoms with Crippen LogP contribution >= 0.6 is 0 Å². The van der Waals surface area contributed by atoms with E-state index in [0.29, 0.717) is 0 Å². The Morgan fingerprint density at radius 1 is 1.33 bits per heavy atom. The van der Waals surface area contributed by atoms with Crippen LogP contribution < -0.4 is 5.32 Å². The van der Waals surface area contributed by atoms with Crippen molar-refractivity contribution in [3.8, 4) is 0 Å². The number of hydrogen-bond acceptors (Lipinski definition) is 4. The molecule has 0 bridgehead atoms. The highest BCUT2D eigenvalue weighted by Crippen LogP contribution is 2.22. The van der Waals surface area contributed by atoms with Gasteiger partial charge in [-0.25, -0.2) is 0 Å². The van der Waals surface area contributed by atoms with E-state index < -0.39 is 0 Å². The van der Waals surface area contributed by atoms with E-state index in [0.717, 1.165) is 57.2 Å². The molecule has 1 aromatic rings. The van der Waals surface area contributed by atoms with Crippen molar-refractivity contribution in [3.63, 3.8) is 0 Å². The summed E-state index contributed by atoms with van der Waals surface area (Å²) >= 11 is 0. The predicted octanol–water partition coefficient (Wildman–Crippen LogP) is 2.61. The molecule has 4 heteroatoms. The summed E-state index contributed by atoms with van der Waals surface area (Å²) in [4.78, 5) is 4.94. The quantitative estimate of drug-likeness (QED) is 0.817. The SMILES string of the molecule is CCCNCc1oc(CN2CCN(C)C(C)(C)C2)cc1C. The average Bonchev–Trinajstić information content (AvgIpc) is 2.74. The molecule has 1 fully saturated rings. The fourth-order valence-electron chi connectivity index (χ4n) is 2.92. The molecular formula is C17H31N3O. The number of likely N-dealkylation sites (N-methyl/N-ethyl adjacent to an activating group) is 1. The van der Waals surface area contributed by atoms with Crippen LogP contribution in [0.3, 0.4) is 0 Å². The second-order valence-electron chi connectivity index (χ2n) is 6.94. The van der Waals surface area contributed by atoms with Crippen LogP contribution in [0.25, 0.3) is 0 Å². The molecule has 0 spiro atoms. The van der Waals surface area contributed by atoms with Gasteiger partial charge in [-0.2, -0.15) is 0 Å². The minimum Gasteiger partial charge on any atom is -0.463 e. The largest absolute Gasteiger partial charge is 0.463 e. The zero-order chi connectivity index (χ0) is 15.5. The normalized spacial score (nSPS) is 20.0. The fourth-order valence-corrected chi connectivity index (χ4v) is 2.92. The third kappa shape index (κ3) is 4.31. The van der Waals surface area contributed by atoms with Gasteiger partial charge in [0.25, 0.3) is 0 Å². The first-order valence-electron chi connectivity index (χ1n) is 8.15. The number of aryl methyl sites for hydroxylation is 1. The van der Waals surface area contributed by atoms with E-state index in [-0.39, 0.29) is 5.54 Å². The monoisotopic (exact) mass is 293 g/mol. The van der Waals surface area contributed by atoms with E-state index in [9.17, 15) is 0 Å². The van der Waals surface area contributed by atoms with Gasteiger partial charge in [0.2, 0.25) is 0 Å². The lowest BCUT2D eigenvalue weighted by Gasteiger charge is -2.45. The number of hydrogen-bond donors (Lipinski definition) is 1. The zero-order valence-electron chi connectivity index (χ0n) is 14.3. The Morgan fingerprint density at radius 2 is 2.10 bits per heavy atom. The summed E-state index contributed by atoms with van der Waals surface area (Å²) in [5.41, 5.74) is 1.51. The van der Waals surface area contributed by atoms with E-state index in [4.69, 9.17) is 4.42 Å². The van der Waals surface area contributed by atoms with E-state index in [1.54, 1.807) is 0 Å². The van der Waals surface area contributed by atoms with Crippen LogP contribution in [0, 0.1) is 6.92 Å². The molecule has 1 aliphatic heterocycles. The van der Waals surface area contributed by atoms with Gasteiger partial charge in [0.05, 0.1) is 13.1 Å². The van der Waals surface area contributed by atoms with Crippen molar-refractivity contribution in [1.29, 1.82) is 0 Å². The summed E-state index contributed by atoms with van der Waals surface area (Å²) in [6, 6.07) is 2.20. The molecule has 2 heterocycles. The molecule has 0 saturated carbocycles. The van der Waals surface area contributed by atoms with Crippen molar-refractivity contribution in [3.05, 3.63) is 23.2 Å². The first-order chi connectivity index (χ1) is 9.92. The fraction of sp³-hybridized carbons (Fsp3) is 0.765. The van der Waals surface area contributed by atoms with Crippen LogP contribution in [-0.2, 0) is 13.1 Å². The third-order valence-corrected chi connectivity index (χ3v) is 4.56. The summed E-state index contributed by atoms with van der Waals surface area (Å²) in [6.07, 6.45) is 1.16. The van der Waals surface area contributed by atoms with E-state index >= 15 is 0 Å². The summed E-state index contributed by atoms with van der Waals surface area (Å²) in [5.74, 6) is 2.19. The molecule has 21 heavy (non-hydrogen) atoms. The zero-order valence-corrected chi connectivity index (χ0v) is 14.3. The molecule has 0 unspecified atom stereocenters. The van der Waals surface area contributed by atoms with Gasteiger partial charge >= 0.3 is 0 Å². The highest BCUT2D eigenvalue weighted by atomic mass is 16.3. The van der Waals surface area contributed by atoms with E-state index in [1.165, 1.54) is 5.56 Å². The molecule has 0 atom stereocenters. The van der Waals surface area contributed by atoms with Crippen molar-refractivity contribution < 1.29 is 4.42 Å². The molecule has 2 rings (SSSR count). The predicted molar refractivity (Wildman–Crippen MR) is 87.4 cm³/mol. The topological polar surface area (TPSA) is 31.7 Å². The first kappa shape index (κ1) is 16.5. The standard InChI is InChI=1S/C17H31N3O/c1-6-7-18-11-16-14(2)10-15(21-16)12-20-9-8-19(5)17(3,4)13-20/h10,18H,6-9,11-13H2,1-5H3. The molecule has 0 aliphatic carbocycles. The van der Waals surface area contributed by atoms with Gasteiger partial charge in [0, 0.05) is 25.2 Å². The maximum absolute atomic E-state index is 6.04. The van der Waals surface area contributed by atoms with Gasteiger partial charge in [-0.15, -0.1) is 0 Å². The Morgan fingerprint density at radius 3 is 2.76 bits per heavy atom. The highest BCUT2D eigenvalue weighted by Gasteiger charge is 2.31. The van der Waals surface area contributed by atoms with Gasteiger partial charge in [-0.3, -0.25) is 9.80 Å². The number of nitrogens with zero attached hydrogens (tertiary/aromatic N) is 2. The molecule has 0 radical (unpaired) electrons. The Labute approximate surface area is 129 Å². The van der Waals surface area contributed by atoms with E-state index in [2.05, 4.69) is 55.9 Å². The van der Waals surface area contributed by atoms with Crippen LogP contribution in [0.4, 0.5) is 0 Å². The lowest BCUT2D eigenvalue weighted by molar-refractivity contribution is 0.0326. The minimum absolute atomic E-state index is 0.241. The lowest BCUT2D eigenvalue weighted by atomic mass is 10.00. The highest BCUT2D eigenvalue weighted by molar-refractivity contribution is 5.20. The molecule has 0 amide bonds. The maximum Gasteiger partial charge on any atom is 0.120 e. The smallest absolute Gasteiger partial charge is 0.120 e. The molecule has 1 aliphatic rings. The number of piperazine rings is 1. The Hall–Kier alpha value is -0.840. The summed E-state index contributed by atoms with van der Waals surface area (Å²) in [7, 11) is 2.21. The Kier molecular flexibility index (Phi) is 5.47. The van der Waals surface area contributed by atoms with Crippen molar-refractivity contribution in [2.45, 2.75) is 52.7 Å². The molecular weight excluding hydrogens is 262 g/mol. The average molecular weight is 293 g/mol. The van der Waals surface area contributed by atoms with Crippen molar-refractivity contribution in [2.75, 3.05) is 33.2 Å². The molecule has 120 valence electrons. The van der Waals surface area contributed by atoms with Crippen molar-refractivity contribution in [2.24, 2.45) is 0 Å². The van der Waals surface area contributed by atoms with Gasteiger partial charge in [0.1, 0.15) is 11.5 Å². The van der Waals surface area contributed by atoms with Crippen molar-refractivity contribution >= 4 is 0 Å². The molecule has 1 saturated heterocycles. The Balaban J connectivity index is 1.93. The second kappa shape index (κ2) is 6.95. The molecule has 1 N–H and O–H groups in total. The Bertz CT molecular complexity index is 453. The van der Waals surface area contributed by atoms with Gasteiger partial charge < -0.3 is 9.73 Å². The van der Waals surface area contributed by atoms with Gasteiger partial charge in [-0.1, -0.05) is 6.92 Å². The maximum atomic E-state index is 6.04. The molecule has 4 nitrogen and oxygen atoms in total. The van der Waals surface area contributed by atoms with Crippen molar-refractivity contribution in [1.82, 2.24) is 15.1 Å². The molecule has 0 aromatic carbocycles. The minimum atomic E-state index is 0.241. The van der Waals surface area contributed by atoms with Gasteiger partial charge in [-0.05, 0) is 52.4 Å². The molecule has 1 aromatic heterocycles. The van der Waals surface area contributed by atoms with Crippen LogP contribution in [-0.4, -0.2) is 48.6 Å². The third-order valence-electron chi connectivity index (χ3n) is 4.56. The van der Waals surface area contributed by atoms with Gasteiger partial charge in [0.15, 0.2) is 0 Å². The lowest BCUT2D eigenvalue weighted by Crippen LogP contribution is -2.57. The summed E-state index contributed by atoms with van der Waals surface area (Å²) in [5, 5.41) is 3.41. The summed E-state index contributed by atoms with van der Waals surface area (Å²) < 4.78 is 6.04. The summed E-state index contributed by atoms with van der Waals surface area (Å²) in [6.45, 7) is 15.1.